The number of sulfonamides is 1. The fraction of sp³-hybridized carbons (Fsp3) is 0.154. The molecule has 2 N–H and O–H groups in total. The minimum atomic E-state index is -3.68. The van der Waals surface area contributed by atoms with Gasteiger partial charge in [-0.3, -0.25) is 4.72 Å². The van der Waals surface area contributed by atoms with Crippen LogP contribution in [0.3, 0.4) is 0 Å². The van der Waals surface area contributed by atoms with E-state index in [9.17, 15) is 8.42 Å². The second kappa shape index (κ2) is 6.21. The highest BCUT2D eigenvalue weighted by Crippen LogP contribution is 2.22. The standard InChI is InChI=1S/C13H14ClN3O2S/c1-15-9-10-5-6-11(8-12(10)14)20(18,19)17-13-4-2-3-7-16-13/h2-8,15H,9H2,1H3,(H,16,17). The van der Waals surface area contributed by atoms with Crippen LogP contribution in [0, 0.1) is 0 Å². The quantitative estimate of drug-likeness (QED) is 0.888. The van der Waals surface area contributed by atoms with Crippen LogP contribution in [0.25, 0.3) is 0 Å². The van der Waals surface area contributed by atoms with E-state index in [0.29, 0.717) is 11.6 Å². The first-order valence-electron chi connectivity index (χ1n) is 5.90. The summed E-state index contributed by atoms with van der Waals surface area (Å²) in [5.74, 6) is 0.267. The van der Waals surface area contributed by atoms with Crippen molar-refractivity contribution in [3.05, 3.63) is 53.2 Å². The Labute approximate surface area is 123 Å². The Morgan fingerprint density at radius 1 is 1.25 bits per heavy atom. The van der Waals surface area contributed by atoms with Crippen LogP contribution in [0.15, 0.2) is 47.5 Å². The molecule has 106 valence electrons. The highest BCUT2D eigenvalue weighted by Gasteiger charge is 2.16. The molecule has 1 aromatic heterocycles. The average Bonchev–Trinajstić information content (AvgIpc) is 2.42. The van der Waals surface area contributed by atoms with Gasteiger partial charge in [0.15, 0.2) is 0 Å². The number of pyridine rings is 1. The van der Waals surface area contributed by atoms with Crippen LogP contribution in [0.5, 0.6) is 0 Å². The molecular weight excluding hydrogens is 298 g/mol. The third kappa shape index (κ3) is 3.47. The molecule has 20 heavy (non-hydrogen) atoms. The van der Waals surface area contributed by atoms with Gasteiger partial charge in [-0.2, -0.15) is 0 Å². The van der Waals surface area contributed by atoms with Gasteiger partial charge in [-0.05, 0) is 36.9 Å². The van der Waals surface area contributed by atoms with Gasteiger partial charge >= 0.3 is 0 Å². The van der Waals surface area contributed by atoms with E-state index in [1.54, 1.807) is 31.3 Å². The maximum Gasteiger partial charge on any atom is 0.263 e. The molecule has 0 bridgehead atoms. The summed E-state index contributed by atoms with van der Waals surface area (Å²) in [5, 5.41) is 3.37. The summed E-state index contributed by atoms with van der Waals surface area (Å²) >= 11 is 6.07. The number of nitrogens with one attached hydrogen (secondary N) is 2. The number of nitrogens with zero attached hydrogens (tertiary/aromatic N) is 1. The maximum absolute atomic E-state index is 12.2. The minimum Gasteiger partial charge on any atom is -0.316 e. The lowest BCUT2D eigenvalue weighted by Crippen LogP contribution is -2.14. The fourth-order valence-electron chi connectivity index (χ4n) is 1.65. The van der Waals surface area contributed by atoms with Crippen LogP contribution in [0.1, 0.15) is 5.56 Å². The van der Waals surface area contributed by atoms with Gasteiger partial charge in [0.2, 0.25) is 0 Å². The molecule has 7 heteroatoms. The van der Waals surface area contributed by atoms with E-state index in [-0.39, 0.29) is 10.7 Å². The summed E-state index contributed by atoms with van der Waals surface area (Å²) in [6, 6.07) is 9.62. The predicted molar refractivity (Wildman–Crippen MR) is 79.3 cm³/mol. The van der Waals surface area contributed by atoms with Crippen LogP contribution in [-0.2, 0) is 16.6 Å². The number of benzene rings is 1. The van der Waals surface area contributed by atoms with E-state index in [4.69, 9.17) is 11.6 Å². The van der Waals surface area contributed by atoms with Crippen molar-refractivity contribution in [3.8, 4) is 0 Å². The third-order valence-corrected chi connectivity index (χ3v) is 4.31. The predicted octanol–water partition coefficient (Wildman–Crippen LogP) is 2.26. The van der Waals surface area contributed by atoms with Crippen molar-refractivity contribution in [1.29, 1.82) is 0 Å². The molecule has 0 aliphatic heterocycles. The van der Waals surface area contributed by atoms with Crippen LogP contribution < -0.4 is 10.0 Å². The summed E-state index contributed by atoms with van der Waals surface area (Å²) in [6.45, 7) is 0.576. The Bertz CT molecular complexity index is 690. The van der Waals surface area contributed by atoms with E-state index in [1.165, 1.54) is 18.3 Å². The molecule has 5 nitrogen and oxygen atoms in total. The normalized spacial score (nSPS) is 11.3. The zero-order valence-electron chi connectivity index (χ0n) is 10.8. The molecule has 0 spiro atoms. The molecule has 0 amide bonds. The van der Waals surface area contributed by atoms with E-state index >= 15 is 0 Å². The topological polar surface area (TPSA) is 71.1 Å². The first kappa shape index (κ1) is 14.8. The lowest BCUT2D eigenvalue weighted by molar-refractivity contribution is 0.601. The first-order chi connectivity index (χ1) is 9.53. The highest BCUT2D eigenvalue weighted by atomic mass is 35.5. The average molecular weight is 312 g/mol. The summed E-state index contributed by atoms with van der Waals surface area (Å²) in [5.41, 5.74) is 0.839. The smallest absolute Gasteiger partial charge is 0.263 e. The number of aromatic nitrogens is 1. The first-order valence-corrected chi connectivity index (χ1v) is 7.76. The number of rotatable bonds is 5. The molecule has 0 saturated heterocycles. The molecule has 0 aliphatic carbocycles. The minimum absolute atomic E-state index is 0.105. The van der Waals surface area contributed by atoms with Gasteiger partial charge in [0, 0.05) is 17.8 Å². The Balaban J connectivity index is 2.28. The Hall–Kier alpha value is -1.63. The van der Waals surface area contributed by atoms with E-state index < -0.39 is 10.0 Å². The lowest BCUT2D eigenvalue weighted by atomic mass is 10.2. The molecule has 0 aliphatic rings. The van der Waals surface area contributed by atoms with Crippen molar-refractivity contribution < 1.29 is 8.42 Å². The van der Waals surface area contributed by atoms with Crippen molar-refractivity contribution in [2.75, 3.05) is 11.8 Å². The van der Waals surface area contributed by atoms with Crippen LogP contribution in [0.2, 0.25) is 5.02 Å². The lowest BCUT2D eigenvalue weighted by Gasteiger charge is -2.09. The van der Waals surface area contributed by atoms with E-state index in [1.807, 2.05) is 0 Å². The SMILES string of the molecule is CNCc1ccc(S(=O)(=O)Nc2ccccn2)cc1Cl. The highest BCUT2D eigenvalue weighted by molar-refractivity contribution is 7.92. The van der Waals surface area contributed by atoms with Crippen LogP contribution >= 0.6 is 11.6 Å². The van der Waals surface area contributed by atoms with Gasteiger partial charge in [0.1, 0.15) is 5.82 Å². The molecule has 2 rings (SSSR count). The summed E-state index contributed by atoms with van der Waals surface area (Å²) in [7, 11) is -1.89. The summed E-state index contributed by atoms with van der Waals surface area (Å²) in [4.78, 5) is 4.03. The zero-order chi connectivity index (χ0) is 14.6. The largest absolute Gasteiger partial charge is 0.316 e. The molecule has 0 saturated carbocycles. The number of anilines is 1. The van der Waals surface area contributed by atoms with Crippen molar-refractivity contribution in [3.63, 3.8) is 0 Å². The van der Waals surface area contributed by atoms with Crippen molar-refractivity contribution in [2.45, 2.75) is 11.4 Å². The van der Waals surface area contributed by atoms with Crippen molar-refractivity contribution in [1.82, 2.24) is 10.3 Å². The molecule has 0 radical (unpaired) electrons. The molecule has 1 heterocycles. The van der Waals surface area contributed by atoms with E-state index in [2.05, 4.69) is 15.0 Å². The molecular formula is C13H14ClN3O2S. The monoisotopic (exact) mass is 311 g/mol. The number of hydrogen-bond acceptors (Lipinski definition) is 4. The van der Waals surface area contributed by atoms with E-state index in [0.717, 1.165) is 5.56 Å². The molecule has 0 fully saturated rings. The number of halogens is 1. The van der Waals surface area contributed by atoms with Crippen LogP contribution in [0.4, 0.5) is 5.82 Å². The molecule has 2 aromatic rings. The van der Waals surface area contributed by atoms with Crippen molar-refractivity contribution >= 4 is 27.4 Å². The summed E-state index contributed by atoms with van der Waals surface area (Å²) < 4.78 is 26.8. The molecule has 0 unspecified atom stereocenters. The van der Waals surface area contributed by atoms with Gasteiger partial charge < -0.3 is 5.32 Å². The Kier molecular flexibility index (Phi) is 4.59. The van der Waals surface area contributed by atoms with Gasteiger partial charge in [0.25, 0.3) is 10.0 Å². The second-order valence-electron chi connectivity index (χ2n) is 4.10. The van der Waals surface area contributed by atoms with Gasteiger partial charge in [-0.15, -0.1) is 0 Å². The molecule has 1 aromatic carbocycles. The third-order valence-electron chi connectivity index (χ3n) is 2.61. The van der Waals surface area contributed by atoms with Gasteiger partial charge in [-0.25, -0.2) is 13.4 Å². The number of hydrogen-bond donors (Lipinski definition) is 2. The van der Waals surface area contributed by atoms with Gasteiger partial charge in [0.05, 0.1) is 4.90 Å². The van der Waals surface area contributed by atoms with Gasteiger partial charge in [-0.1, -0.05) is 23.7 Å². The second-order valence-corrected chi connectivity index (χ2v) is 6.19. The van der Waals surface area contributed by atoms with Crippen LogP contribution in [-0.4, -0.2) is 20.4 Å². The Morgan fingerprint density at radius 3 is 2.65 bits per heavy atom. The van der Waals surface area contributed by atoms with Crippen molar-refractivity contribution in [2.24, 2.45) is 0 Å². The zero-order valence-corrected chi connectivity index (χ0v) is 12.4. The fourth-order valence-corrected chi connectivity index (χ4v) is 2.99. The summed E-state index contributed by atoms with van der Waals surface area (Å²) in [6.07, 6.45) is 1.51. The Morgan fingerprint density at radius 2 is 2.05 bits per heavy atom. The maximum atomic E-state index is 12.2. The molecule has 0 atom stereocenters.